The number of carboxylic acids is 1. The van der Waals surface area contributed by atoms with Crippen molar-refractivity contribution in [3.63, 3.8) is 0 Å². The zero-order chi connectivity index (χ0) is 13.8. The van der Waals surface area contributed by atoms with E-state index >= 15 is 0 Å². The van der Waals surface area contributed by atoms with Crippen molar-refractivity contribution in [2.45, 2.75) is 6.42 Å². The van der Waals surface area contributed by atoms with Gasteiger partial charge in [-0.25, -0.2) is 9.97 Å². The summed E-state index contributed by atoms with van der Waals surface area (Å²) in [5.74, 6) is -0.0802. The van der Waals surface area contributed by atoms with Crippen LogP contribution in [0.25, 0.3) is 11.3 Å². The fraction of sp³-hybridized carbons (Fsp3) is 0.154. The first-order valence-corrected chi connectivity index (χ1v) is 5.85. The lowest BCUT2D eigenvalue weighted by Gasteiger charge is -2.07. The SMILES string of the molecule is COc1ccc(-c2ccnc(CC(=O)O)n2)c(Cl)c1. The molecule has 6 heteroatoms. The zero-order valence-electron chi connectivity index (χ0n) is 10.1. The van der Waals surface area contributed by atoms with Gasteiger partial charge in [0.15, 0.2) is 0 Å². The zero-order valence-corrected chi connectivity index (χ0v) is 10.9. The van der Waals surface area contributed by atoms with Crippen LogP contribution in [0.2, 0.25) is 5.02 Å². The third kappa shape index (κ3) is 3.20. The van der Waals surface area contributed by atoms with Crippen LogP contribution in [-0.2, 0) is 11.2 Å². The number of benzene rings is 1. The molecule has 5 nitrogen and oxygen atoms in total. The van der Waals surface area contributed by atoms with Gasteiger partial charge in [0.2, 0.25) is 0 Å². The summed E-state index contributed by atoms with van der Waals surface area (Å²) >= 11 is 6.14. The number of carboxylic acid groups (broad SMARTS) is 1. The predicted molar refractivity (Wildman–Crippen MR) is 70.4 cm³/mol. The molecule has 0 aliphatic carbocycles. The number of carbonyl (C=O) groups is 1. The standard InChI is InChI=1S/C13H11ClN2O3/c1-19-8-2-3-9(10(14)6-8)11-4-5-15-12(16-11)7-13(17)18/h2-6H,7H2,1H3,(H,17,18). The minimum Gasteiger partial charge on any atom is -0.497 e. The molecule has 0 spiro atoms. The summed E-state index contributed by atoms with van der Waals surface area (Å²) in [6.07, 6.45) is 1.29. The molecule has 0 fully saturated rings. The van der Waals surface area contributed by atoms with Crippen molar-refractivity contribution < 1.29 is 14.6 Å². The molecule has 19 heavy (non-hydrogen) atoms. The summed E-state index contributed by atoms with van der Waals surface area (Å²) in [5, 5.41) is 9.21. The van der Waals surface area contributed by atoms with E-state index in [0.717, 1.165) is 0 Å². The third-order valence-corrected chi connectivity index (χ3v) is 2.78. The van der Waals surface area contributed by atoms with Crippen molar-refractivity contribution in [3.05, 3.63) is 41.3 Å². The Labute approximate surface area is 114 Å². The lowest BCUT2D eigenvalue weighted by molar-refractivity contribution is -0.136. The first-order valence-electron chi connectivity index (χ1n) is 5.48. The van der Waals surface area contributed by atoms with Crippen LogP contribution in [0.3, 0.4) is 0 Å². The fourth-order valence-electron chi connectivity index (χ4n) is 1.60. The summed E-state index contributed by atoms with van der Waals surface area (Å²) < 4.78 is 5.07. The normalized spacial score (nSPS) is 10.2. The maximum Gasteiger partial charge on any atom is 0.311 e. The van der Waals surface area contributed by atoms with Crippen LogP contribution in [0.15, 0.2) is 30.5 Å². The van der Waals surface area contributed by atoms with Crippen LogP contribution >= 0.6 is 11.6 Å². The molecular formula is C13H11ClN2O3. The van der Waals surface area contributed by atoms with E-state index in [2.05, 4.69) is 9.97 Å². The summed E-state index contributed by atoms with van der Waals surface area (Å²) in [7, 11) is 1.56. The van der Waals surface area contributed by atoms with Crippen LogP contribution in [0.5, 0.6) is 5.75 Å². The lowest BCUT2D eigenvalue weighted by Crippen LogP contribution is -2.05. The molecule has 2 aromatic rings. The average molecular weight is 279 g/mol. The molecule has 1 aromatic heterocycles. The molecular weight excluding hydrogens is 268 g/mol. The van der Waals surface area contributed by atoms with E-state index in [1.54, 1.807) is 31.4 Å². The third-order valence-electron chi connectivity index (χ3n) is 2.47. The topological polar surface area (TPSA) is 72.3 Å². The van der Waals surface area contributed by atoms with Crippen LogP contribution in [0.1, 0.15) is 5.82 Å². The van der Waals surface area contributed by atoms with E-state index in [4.69, 9.17) is 21.4 Å². The van der Waals surface area contributed by atoms with Crippen molar-refractivity contribution in [1.29, 1.82) is 0 Å². The Kier molecular flexibility index (Phi) is 3.97. The highest BCUT2D eigenvalue weighted by Crippen LogP contribution is 2.29. The van der Waals surface area contributed by atoms with E-state index < -0.39 is 5.97 Å². The van der Waals surface area contributed by atoms with Gasteiger partial charge in [-0.15, -0.1) is 0 Å². The van der Waals surface area contributed by atoms with Crippen molar-refractivity contribution >= 4 is 17.6 Å². The van der Waals surface area contributed by atoms with Crippen molar-refractivity contribution in [2.75, 3.05) is 7.11 Å². The number of rotatable bonds is 4. The van der Waals surface area contributed by atoms with Gasteiger partial charge >= 0.3 is 5.97 Å². The first-order chi connectivity index (χ1) is 9.10. The Balaban J connectivity index is 2.38. The fourth-order valence-corrected chi connectivity index (χ4v) is 1.87. The highest BCUT2D eigenvalue weighted by Gasteiger charge is 2.09. The molecule has 2 rings (SSSR count). The van der Waals surface area contributed by atoms with Gasteiger partial charge in [-0.1, -0.05) is 11.6 Å². The Morgan fingerprint density at radius 2 is 2.21 bits per heavy atom. The highest BCUT2D eigenvalue weighted by molar-refractivity contribution is 6.33. The second-order valence-electron chi connectivity index (χ2n) is 3.77. The van der Waals surface area contributed by atoms with Crippen LogP contribution in [-0.4, -0.2) is 28.2 Å². The summed E-state index contributed by atoms with van der Waals surface area (Å²) in [6, 6.07) is 6.89. The van der Waals surface area contributed by atoms with Crippen molar-refractivity contribution in [2.24, 2.45) is 0 Å². The largest absolute Gasteiger partial charge is 0.497 e. The maximum atomic E-state index is 10.6. The second kappa shape index (κ2) is 5.67. The summed E-state index contributed by atoms with van der Waals surface area (Å²) in [4.78, 5) is 18.7. The smallest absolute Gasteiger partial charge is 0.311 e. The molecule has 1 heterocycles. The Morgan fingerprint density at radius 1 is 1.42 bits per heavy atom. The molecule has 1 aromatic carbocycles. The van der Waals surface area contributed by atoms with Gasteiger partial charge in [0.1, 0.15) is 18.0 Å². The number of methoxy groups -OCH3 is 1. The lowest BCUT2D eigenvalue weighted by atomic mass is 10.1. The monoisotopic (exact) mass is 278 g/mol. The van der Waals surface area contributed by atoms with Crippen LogP contribution in [0.4, 0.5) is 0 Å². The van der Waals surface area contributed by atoms with Gasteiger partial charge in [0.25, 0.3) is 0 Å². The quantitative estimate of drug-likeness (QED) is 0.930. The number of aromatic nitrogens is 2. The van der Waals surface area contributed by atoms with E-state index in [-0.39, 0.29) is 12.2 Å². The van der Waals surface area contributed by atoms with Gasteiger partial charge in [0, 0.05) is 11.8 Å². The molecule has 98 valence electrons. The minimum atomic E-state index is -0.974. The van der Waals surface area contributed by atoms with Gasteiger partial charge in [-0.05, 0) is 24.3 Å². The van der Waals surface area contributed by atoms with E-state index in [1.165, 1.54) is 6.20 Å². The molecule has 1 N–H and O–H groups in total. The molecule has 0 amide bonds. The predicted octanol–water partition coefficient (Wildman–Crippen LogP) is 2.43. The first kappa shape index (κ1) is 13.3. The Morgan fingerprint density at radius 3 is 2.84 bits per heavy atom. The second-order valence-corrected chi connectivity index (χ2v) is 4.18. The van der Waals surface area contributed by atoms with Gasteiger partial charge in [0.05, 0.1) is 17.8 Å². The molecule has 0 atom stereocenters. The summed E-state index contributed by atoms with van der Waals surface area (Å²) in [5.41, 5.74) is 1.29. The van der Waals surface area contributed by atoms with E-state index in [0.29, 0.717) is 22.0 Å². The highest BCUT2D eigenvalue weighted by atomic mass is 35.5. The Bertz CT molecular complexity index is 617. The van der Waals surface area contributed by atoms with Crippen molar-refractivity contribution in [3.8, 4) is 17.0 Å². The van der Waals surface area contributed by atoms with Crippen molar-refractivity contribution in [1.82, 2.24) is 9.97 Å². The number of halogens is 1. The number of hydrogen-bond acceptors (Lipinski definition) is 4. The minimum absolute atomic E-state index is 0.221. The number of hydrogen-bond donors (Lipinski definition) is 1. The molecule has 0 unspecified atom stereocenters. The van der Waals surface area contributed by atoms with Gasteiger partial charge in [-0.2, -0.15) is 0 Å². The molecule has 0 bridgehead atoms. The average Bonchev–Trinajstić information content (AvgIpc) is 2.38. The van der Waals surface area contributed by atoms with Gasteiger partial charge in [-0.3, -0.25) is 4.79 Å². The van der Waals surface area contributed by atoms with Crippen LogP contribution < -0.4 is 4.74 Å². The molecule has 0 radical (unpaired) electrons. The maximum absolute atomic E-state index is 10.6. The molecule has 0 aliphatic heterocycles. The van der Waals surface area contributed by atoms with Gasteiger partial charge < -0.3 is 9.84 Å². The van der Waals surface area contributed by atoms with E-state index in [1.807, 2.05) is 0 Å². The number of aliphatic carboxylic acids is 1. The molecule has 0 saturated heterocycles. The Hall–Kier alpha value is -2.14. The number of nitrogens with zero attached hydrogens (tertiary/aromatic N) is 2. The molecule has 0 saturated carbocycles. The number of ether oxygens (including phenoxy) is 1. The van der Waals surface area contributed by atoms with E-state index in [9.17, 15) is 4.79 Å². The van der Waals surface area contributed by atoms with Crippen LogP contribution in [0, 0.1) is 0 Å². The summed E-state index contributed by atoms with van der Waals surface area (Å²) in [6.45, 7) is 0. The molecule has 0 aliphatic rings.